The van der Waals surface area contributed by atoms with Crippen molar-refractivity contribution in [3.63, 3.8) is 0 Å². The van der Waals surface area contributed by atoms with Crippen molar-refractivity contribution in [3.8, 4) is 11.5 Å². The number of carbonyl (C=O) groups is 1. The molecule has 3 N–H and O–H groups in total. The van der Waals surface area contributed by atoms with Crippen molar-refractivity contribution in [2.75, 3.05) is 18.2 Å². The summed E-state index contributed by atoms with van der Waals surface area (Å²) >= 11 is 5.79. The maximum atomic E-state index is 14.7. The van der Waals surface area contributed by atoms with Crippen LogP contribution in [-0.2, 0) is 5.67 Å². The van der Waals surface area contributed by atoms with Gasteiger partial charge in [0.25, 0.3) is 17.5 Å². The predicted octanol–water partition coefficient (Wildman–Crippen LogP) is 6.17. The lowest BCUT2D eigenvalue weighted by Crippen LogP contribution is -2.51. The number of para-hydroxylation sites is 1. The number of halogens is 9. The smallest absolute Gasteiger partial charge is 0.432 e. The number of anilines is 2. The van der Waals surface area contributed by atoms with E-state index in [0.29, 0.717) is 0 Å². The average molecular weight is 507 g/mol. The standard InChI is InChI=1S/C19H15ClF8N2O3/c1-17(23,24)18(25,19(26,27)28)8-6-10(20)13(12(7-8)33-16(21)22)30-15(31)9-4-3-5-11(29)14(9)32-2/h3-7,16H,29H2,1-2H3,(H,30,31). The molecule has 1 atom stereocenters. The van der Waals surface area contributed by atoms with E-state index in [4.69, 9.17) is 22.1 Å². The fourth-order valence-corrected chi connectivity index (χ4v) is 3.16. The van der Waals surface area contributed by atoms with Gasteiger partial charge in [-0.25, -0.2) is 13.2 Å². The summed E-state index contributed by atoms with van der Waals surface area (Å²) in [4.78, 5) is 12.6. The van der Waals surface area contributed by atoms with Gasteiger partial charge >= 0.3 is 12.8 Å². The summed E-state index contributed by atoms with van der Waals surface area (Å²) in [6.07, 6.45) is -6.17. The normalized spacial score (nSPS) is 14.1. The SMILES string of the molecule is COc1c(N)cccc1C(=O)Nc1c(Cl)cc(C(F)(C(C)(F)F)C(F)(F)F)cc1OC(F)F. The van der Waals surface area contributed by atoms with Crippen LogP contribution in [0.5, 0.6) is 11.5 Å². The fourth-order valence-electron chi connectivity index (χ4n) is 2.90. The molecule has 2 aromatic carbocycles. The van der Waals surface area contributed by atoms with Crippen LogP contribution in [0.2, 0.25) is 5.02 Å². The summed E-state index contributed by atoms with van der Waals surface area (Å²) in [7, 11) is 1.17. The molecule has 0 saturated heterocycles. The molecule has 0 bridgehead atoms. The third-order valence-corrected chi connectivity index (χ3v) is 4.69. The minimum absolute atomic E-state index is 0.00761. The zero-order chi connectivity index (χ0) is 25.4. The first kappa shape index (κ1) is 26.3. The van der Waals surface area contributed by atoms with E-state index in [9.17, 15) is 39.9 Å². The first-order valence-electron chi connectivity index (χ1n) is 8.70. The number of alkyl halides is 8. The highest BCUT2D eigenvalue weighted by molar-refractivity contribution is 6.34. The number of benzene rings is 2. The van der Waals surface area contributed by atoms with Gasteiger partial charge in [-0.15, -0.1) is 0 Å². The molecule has 14 heteroatoms. The van der Waals surface area contributed by atoms with Crippen LogP contribution in [-0.4, -0.2) is 31.7 Å². The fraction of sp³-hybridized carbons (Fsp3) is 0.316. The monoisotopic (exact) mass is 506 g/mol. The second kappa shape index (κ2) is 9.12. The van der Waals surface area contributed by atoms with Crippen molar-refractivity contribution in [1.29, 1.82) is 0 Å². The van der Waals surface area contributed by atoms with E-state index in [1.165, 1.54) is 25.3 Å². The highest BCUT2D eigenvalue weighted by atomic mass is 35.5. The van der Waals surface area contributed by atoms with Gasteiger partial charge in [-0.05, 0) is 24.3 Å². The van der Waals surface area contributed by atoms with E-state index in [1.54, 1.807) is 0 Å². The lowest BCUT2D eigenvalue weighted by atomic mass is 9.88. The number of ether oxygens (including phenoxy) is 2. The average Bonchev–Trinajstić information content (AvgIpc) is 2.67. The lowest BCUT2D eigenvalue weighted by Gasteiger charge is -2.33. The topological polar surface area (TPSA) is 73.6 Å². The quantitative estimate of drug-likeness (QED) is 0.348. The summed E-state index contributed by atoms with van der Waals surface area (Å²) in [6, 6.07) is 3.98. The Balaban J connectivity index is 2.67. The Kier molecular flexibility index (Phi) is 7.27. The highest BCUT2D eigenvalue weighted by Gasteiger charge is 2.70. The van der Waals surface area contributed by atoms with Crippen LogP contribution in [0.25, 0.3) is 0 Å². The molecule has 0 spiro atoms. The number of hydrogen-bond acceptors (Lipinski definition) is 4. The maximum Gasteiger partial charge on any atom is 0.432 e. The zero-order valence-electron chi connectivity index (χ0n) is 16.7. The largest absolute Gasteiger partial charge is 0.494 e. The van der Waals surface area contributed by atoms with Gasteiger partial charge in [-0.2, -0.15) is 22.0 Å². The van der Waals surface area contributed by atoms with Gasteiger partial charge in [0, 0.05) is 12.5 Å². The summed E-state index contributed by atoms with van der Waals surface area (Å²) in [6.45, 7) is -4.04. The zero-order valence-corrected chi connectivity index (χ0v) is 17.4. The number of nitrogens with two attached hydrogens (primary N) is 1. The lowest BCUT2D eigenvalue weighted by molar-refractivity contribution is -0.304. The number of nitrogen functional groups attached to an aromatic ring is 1. The van der Waals surface area contributed by atoms with Crippen molar-refractivity contribution in [2.24, 2.45) is 0 Å². The third-order valence-electron chi connectivity index (χ3n) is 4.40. The first-order valence-corrected chi connectivity index (χ1v) is 9.08. The molecular weight excluding hydrogens is 492 g/mol. The van der Waals surface area contributed by atoms with Crippen LogP contribution in [0.4, 0.5) is 46.5 Å². The molecule has 0 heterocycles. The molecule has 0 saturated carbocycles. The Morgan fingerprint density at radius 3 is 2.21 bits per heavy atom. The maximum absolute atomic E-state index is 14.7. The van der Waals surface area contributed by atoms with Crippen molar-refractivity contribution in [2.45, 2.75) is 31.3 Å². The Labute approximate surface area is 186 Å². The molecule has 2 rings (SSSR count). The number of amides is 1. The minimum atomic E-state index is -6.17. The highest BCUT2D eigenvalue weighted by Crippen LogP contribution is 2.54. The second-order valence-electron chi connectivity index (χ2n) is 6.64. The Morgan fingerprint density at radius 1 is 1.12 bits per heavy atom. The van der Waals surface area contributed by atoms with Crippen molar-refractivity contribution in [3.05, 3.63) is 46.5 Å². The van der Waals surface area contributed by atoms with Crippen LogP contribution in [0.15, 0.2) is 30.3 Å². The molecule has 0 radical (unpaired) electrons. The third kappa shape index (κ3) is 5.02. The molecule has 182 valence electrons. The Morgan fingerprint density at radius 2 is 1.73 bits per heavy atom. The van der Waals surface area contributed by atoms with Crippen LogP contribution in [0.1, 0.15) is 22.8 Å². The van der Waals surface area contributed by atoms with E-state index in [0.717, 1.165) is 0 Å². The summed E-state index contributed by atoms with van der Waals surface area (Å²) in [5.41, 5.74) is -2.54. The van der Waals surface area contributed by atoms with Gasteiger partial charge in [-0.3, -0.25) is 4.79 Å². The number of methoxy groups -OCH3 is 1. The molecule has 33 heavy (non-hydrogen) atoms. The van der Waals surface area contributed by atoms with E-state index in [1.807, 2.05) is 5.32 Å². The van der Waals surface area contributed by atoms with Crippen LogP contribution in [0, 0.1) is 0 Å². The minimum Gasteiger partial charge on any atom is -0.494 e. The van der Waals surface area contributed by atoms with Gasteiger partial charge in [0.1, 0.15) is 5.69 Å². The molecule has 1 amide bonds. The predicted molar refractivity (Wildman–Crippen MR) is 103 cm³/mol. The van der Waals surface area contributed by atoms with Gasteiger partial charge in [0.15, 0.2) is 11.5 Å². The molecule has 2 aromatic rings. The molecule has 5 nitrogen and oxygen atoms in total. The van der Waals surface area contributed by atoms with Crippen molar-refractivity contribution >= 4 is 28.9 Å². The van der Waals surface area contributed by atoms with Gasteiger partial charge in [-0.1, -0.05) is 17.7 Å². The Hall–Kier alpha value is -2.96. The van der Waals surface area contributed by atoms with Crippen LogP contribution in [0.3, 0.4) is 0 Å². The molecule has 0 aliphatic rings. The van der Waals surface area contributed by atoms with E-state index in [2.05, 4.69) is 4.74 Å². The van der Waals surface area contributed by atoms with E-state index < -0.39 is 52.3 Å². The Bertz CT molecular complexity index is 1030. The molecule has 0 fully saturated rings. The summed E-state index contributed by atoms with van der Waals surface area (Å²) < 4.78 is 117. The summed E-state index contributed by atoms with van der Waals surface area (Å²) in [5, 5.41) is 1.01. The number of carbonyl (C=O) groups excluding carboxylic acids is 1. The molecular formula is C19H15ClF8N2O3. The molecule has 1 unspecified atom stereocenters. The van der Waals surface area contributed by atoms with Gasteiger partial charge in [0.05, 0.1) is 23.4 Å². The van der Waals surface area contributed by atoms with E-state index >= 15 is 0 Å². The molecule has 0 aliphatic carbocycles. The molecule has 0 aromatic heterocycles. The van der Waals surface area contributed by atoms with Gasteiger partial charge in [0.2, 0.25) is 0 Å². The second-order valence-corrected chi connectivity index (χ2v) is 7.04. The van der Waals surface area contributed by atoms with E-state index in [-0.39, 0.29) is 36.1 Å². The number of rotatable bonds is 7. The van der Waals surface area contributed by atoms with Crippen molar-refractivity contribution < 1.29 is 49.4 Å². The number of hydrogen-bond donors (Lipinski definition) is 2. The van der Waals surface area contributed by atoms with Crippen LogP contribution < -0.4 is 20.5 Å². The van der Waals surface area contributed by atoms with Crippen molar-refractivity contribution in [1.82, 2.24) is 0 Å². The number of nitrogens with one attached hydrogen (secondary N) is 1. The van der Waals surface area contributed by atoms with Crippen LogP contribution >= 0.6 is 11.6 Å². The molecule has 0 aliphatic heterocycles. The first-order chi connectivity index (χ1) is 15.0. The summed E-state index contributed by atoms with van der Waals surface area (Å²) in [5.74, 6) is -7.56. The van der Waals surface area contributed by atoms with Gasteiger partial charge < -0.3 is 20.5 Å².